The lowest BCUT2D eigenvalue weighted by atomic mass is 9.32. The molecule has 0 aliphatic heterocycles. The van der Waals surface area contributed by atoms with Gasteiger partial charge in [0, 0.05) is 24.7 Å². The average molecular weight is 527 g/mol. The Morgan fingerprint density at radius 2 is 1.47 bits per heavy atom. The van der Waals surface area contributed by atoms with E-state index in [4.69, 9.17) is 9.47 Å². The fourth-order valence-electron chi connectivity index (χ4n) is 12.2. The molecular weight excluding hydrogens is 472 g/mol. The van der Waals surface area contributed by atoms with Gasteiger partial charge < -0.3 is 9.47 Å². The molecular formula is C34H54O4. The lowest BCUT2D eigenvalue weighted by molar-refractivity contribution is -0.252. The molecule has 214 valence electrons. The van der Waals surface area contributed by atoms with Crippen molar-refractivity contribution in [1.29, 1.82) is 0 Å². The maximum Gasteiger partial charge on any atom is 0.302 e. The van der Waals surface area contributed by atoms with Crippen LogP contribution in [0.4, 0.5) is 0 Å². The van der Waals surface area contributed by atoms with Crippen molar-refractivity contribution in [3.05, 3.63) is 12.2 Å². The molecule has 10 atom stereocenters. The molecule has 4 nitrogen and oxygen atoms in total. The Hall–Kier alpha value is -1.32. The molecule has 5 saturated carbocycles. The van der Waals surface area contributed by atoms with Gasteiger partial charge in [-0.2, -0.15) is 0 Å². The van der Waals surface area contributed by atoms with Crippen LogP contribution in [0.15, 0.2) is 12.2 Å². The van der Waals surface area contributed by atoms with Gasteiger partial charge in [0.1, 0.15) is 6.10 Å². The van der Waals surface area contributed by atoms with Crippen molar-refractivity contribution in [2.45, 2.75) is 126 Å². The molecule has 5 fully saturated rings. The molecule has 0 radical (unpaired) electrons. The molecule has 0 spiro atoms. The highest BCUT2D eigenvalue weighted by atomic mass is 16.5. The maximum atomic E-state index is 11.9. The SMILES string of the molecule is C=C(C)C1CC[C@]2(COC(C)=O)CC[C@]3(C)[C@H](CC[C@@H]4[C@@]5(C)CC[C@H](OC(C)=O)C(C)(C)[C@@H]5CC[C@]43C)C12. The van der Waals surface area contributed by atoms with Crippen molar-refractivity contribution in [3.63, 3.8) is 0 Å². The topological polar surface area (TPSA) is 52.6 Å². The summed E-state index contributed by atoms with van der Waals surface area (Å²) in [5.74, 6) is 2.76. The molecule has 4 heteroatoms. The summed E-state index contributed by atoms with van der Waals surface area (Å²) in [5, 5.41) is 0. The molecule has 38 heavy (non-hydrogen) atoms. The molecule has 0 aromatic rings. The summed E-state index contributed by atoms with van der Waals surface area (Å²) in [6, 6.07) is 0. The van der Waals surface area contributed by atoms with Gasteiger partial charge in [-0.1, -0.05) is 46.8 Å². The Balaban J connectivity index is 1.49. The van der Waals surface area contributed by atoms with E-state index in [-0.39, 0.29) is 39.7 Å². The van der Waals surface area contributed by atoms with Crippen LogP contribution in [0.1, 0.15) is 120 Å². The molecule has 0 aromatic carbocycles. The van der Waals surface area contributed by atoms with Gasteiger partial charge in [0.05, 0.1) is 6.61 Å². The smallest absolute Gasteiger partial charge is 0.302 e. The highest BCUT2D eigenvalue weighted by Gasteiger charge is 2.71. The van der Waals surface area contributed by atoms with Crippen LogP contribution in [0.5, 0.6) is 0 Å². The lowest BCUT2D eigenvalue weighted by Crippen LogP contribution is -2.67. The van der Waals surface area contributed by atoms with Crippen molar-refractivity contribution >= 4 is 11.9 Å². The monoisotopic (exact) mass is 526 g/mol. The third kappa shape index (κ3) is 3.80. The van der Waals surface area contributed by atoms with Crippen molar-refractivity contribution in [1.82, 2.24) is 0 Å². The highest BCUT2D eigenvalue weighted by Crippen LogP contribution is 2.77. The predicted molar refractivity (Wildman–Crippen MR) is 151 cm³/mol. The number of hydrogen-bond donors (Lipinski definition) is 0. The van der Waals surface area contributed by atoms with Crippen molar-refractivity contribution < 1.29 is 19.1 Å². The molecule has 0 N–H and O–H groups in total. The highest BCUT2D eigenvalue weighted by molar-refractivity contribution is 5.66. The first-order valence-electron chi connectivity index (χ1n) is 15.6. The minimum absolute atomic E-state index is 0.00000109. The summed E-state index contributed by atoms with van der Waals surface area (Å²) in [6.45, 7) is 23.1. The van der Waals surface area contributed by atoms with Gasteiger partial charge in [-0.05, 0) is 117 Å². The van der Waals surface area contributed by atoms with Gasteiger partial charge in [0.25, 0.3) is 0 Å². The van der Waals surface area contributed by atoms with E-state index < -0.39 is 0 Å². The number of carbonyl (C=O) groups excluding carboxylic acids is 2. The molecule has 0 aromatic heterocycles. The van der Waals surface area contributed by atoms with Crippen LogP contribution in [-0.4, -0.2) is 24.6 Å². The summed E-state index contributed by atoms with van der Waals surface area (Å²) in [5.41, 5.74) is 2.30. The Morgan fingerprint density at radius 3 is 2.11 bits per heavy atom. The van der Waals surface area contributed by atoms with Crippen LogP contribution in [-0.2, 0) is 19.1 Å². The zero-order chi connectivity index (χ0) is 27.9. The number of esters is 2. The zero-order valence-corrected chi connectivity index (χ0v) is 25.6. The first kappa shape index (κ1) is 28.2. The average Bonchev–Trinajstić information content (AvgIpc) is 3.20. The standard InChI is InChI=1S/C34H54O4/c1-21(2)24-12-17-34(20-37-22(3)35)19-18-32(8)25(29(24)34)10-11-27-31(7)15-14-28(38-23(4)36)30(5,6)26(31)13-16-33(27,32)9/h24-29H,1,10-20H2,2-9H3/t24?,25-,26+,27-,28+,29?,31+,32-,33-,34-/m1/s1. The molecule has 0 bridgehead atoms. The predicted octanol–water partition coefficient (Wildman–Crippen LogP) is 8.14. The second-order valence-corrected chi connectivity index (χ2v) is 15.8. The minimum Gasteiger partial charge on any atom is -0.465 e. The Labute approximate surface area is 232 Å². The van der Waals surface area contributed by atoms with Gasteiger partial charge in [-0.3, -0.25) is 9.59 Å². The third-order valence-electron chi connectivity index (χ3n) is 14.0. The summed E-state index contributed by atoms with van der Waals surface area (Å²) < 4.78 is 11.7. The normalized spacial score (nSPS) is 49.1. The number of rotatable bonds is 4. The first-order valence-corrected chi connectivity index (χ1v) is 15.6. The first-order chi connectivity index (χ1) is 17.6. The van der Waals surface area contributed by atoms with Crippen molar-refractivity contribution in [2.75, 3.05) is 6.61 Å². The third-order valence-corrected chi connectivity index (χ3v) is 14.0. The number of ether oxygens (including phenoxy) is 2. The number of fused-ring (bicyclic) bond motifs is 7. The van der Waals surface area contributed by atoms with Crippen LogP contribution in [0.2, 0.25) is 0 Å². The molecule has 0 heterocycles. The van der Waals surface area contributed by atoms with E-state index in [0.29, 0.717) is 41.6 Å². The maximum absolute atomic E-state index is 11.9. The van der Waals surface area contributed by atoms with E-state index in [2.05, 4.69) is 48.1 Å². The van der Waals surface area contributed by atoms with E-state index in [9.17, 15) is 9.59 Å². The Kier molecular flexibility index (Phi) is 6.76. The van der Waals surface area contributed by atoms with Crippen LogP contribution in [0.3, 0.4) is 0 Å². The van der Waals surface area contributed by atoms with E-state index in [0.717, 1.165) is 12.8 Å². The molecule has 2 unspecified atom stereocenters. The summed E-state index contributed by atoms with van der Waals surface area (Å²) >= 11 is 0. The van der Waals surface area contributed by atoms with Gasteiger partial charge in [0.2, 0.25) is 0 Å². The van der Waals surface area contributed by atoms with Crippen LogP contribution < -0.4 is 0 Å². The van der Waals surface area contributed by atoms with Crippen LogP contribution >= 0.6 is 0 Å². The quantitative estimate of drug-likeness (QED) is 0.274. The lowest BCUT2D eigenvalue weighted by Gasteiger charge is -2.73. The molecule has 0 amide bonds. The Bertz CT molecular complexity index is 998. The molecule has 5 rings (SSSR count). The van der Waals surface area contributed by atoms with Crippen molar-refractivity contribution in [3.8, 4) is 0 Å². The molecule has 0 saturated heterocycles. The van der Waals surface area contributed by atoms with Gasteiger partial charge in [-0.25, -0.2) is 0 Å². The zero-order valence-electron chi connectivity index (χ0n) is 25.6. The van der Waals surface area contributed by atoms with E-state index >= 15 is 0 Å². The summed E-state index contributed by atoms with van der Waals surface area (Å²) in [7, 11) is 0. The van der Waals surface area contributed by atoms with Gasteiger partial charge in [0.15, 0.2) is 0 Å². The summed E-state index contributed by atoms with van der Waals surface area (Å²) in [6.07, 6.45) is 12.0. The molecule has 5 aliphatic rings. The summed E-state index contributed by atoms with van der Waals surface area (Å²) in [4.78, 5) is 23.8. The Morgan fingerprint density at radius 1 is 0.763 bits per heavy atom. The van der Waals surface area contributed by atoms with Crippen LogP contribution in [0, 0.1) is 56.7 Å². The second-order valence-electron chi connectivity index (χ2n) is 15.8. The van der Waals surface area contributed by atoms with E-state index in [1.165, 1.54) is 56.9 Å². The number of hydrogen-bond acceptors (Lipinski definition) is 4. The van der Waals surface area contributed by atoms with Gasteiger partial charge in [-0.15, -0.1) is 0 Å². The van der Waals surface area contributed by atoms with E-state index in [1.54, 1.807) is 13.8 Å². The van der Waals surface area contributed by atoms with Gasteiger partial charge >= 0.3 is 11.9 Å². The van der Waals surface area contributed by atoms with Crippen molar-refractivity contribution in [2.24, 2.45) is 56.7 Å². The molecule has 5 aliphatic carbocycles. The number of carbonyl (C=O) groups is 2. The van der Waals surface area contributed by atoms with E-state index in [1.807, 2.05) is 0 Å². The minimum atomic E-state index is -0.140. The fourth-order valence-corrected chi connectivity index (χ4v) is 12.2. The largest absolute Gasteiger partial charge is 0.465 e. The van der Waals surface area contributed by atoms with Crippen LogP contribution in [0.25, 0.3) is 0 Å². The number of allylic oxidation sites excluding steroid dienone is 1. The fraction of sp³-hybridized carbons (Fsp3) is 0.882. The second kappa shape index (κ2) is 9.10.